The zero-order valence-corrected chi connectivity index (χ0v) is 5.04. The van der Waals surface area contributed by atoms with Crippen molar-refractivity contribution in [3.8, 4) is 0 Å². The highest BCUT2D eigenvalue weighted by Crippen LogP contribution is 2.02. The van der Waals surface area contributed by atoms with Crippen LogP contribution in [0.25, 0.3) is 0 Å². The molecule has 0 N–H and O–H groups in total. The van der Waals surface area contributed by atoms with E-state index in [1.54, 1.807) is 5.51 Å². The van der Waals surface area contributed by atoms with Crippen LogP contribution in [0.3, 0.4) is 0 Å². The monoisotopic (exact) mass is 134 g/mol. The molecule has 0 aliphatic carbocycles. The molecule has 0 saturated carbocycles. The van der Waals surface area contributed by atoms with Crippen molar-refractivity contribution in [3.05, 3.63) is 10.5 Å². The molecule has 0 fully saturated rings. The Kier molecular flexibility index (Phi) is 1.59. The number of halogens is 1. The van der Waals surface area contributed by atoms with Crippen molar-refractivity contribution in [3.63, 3.8) is 0 Å². The van der Waals surface area contributed by atoms with E-state index in [1.165, 1.54) is 11.3 Å². The molecule has 0 spiro atoms. The fourth-order valence-corrected chi connectivity index (χ4v) is 0.870. The molecule has 0 saturated heterocycles. The van der Waals surface area contributed by atoms with Crippen LogP contribution in [0.15, 0.2) is 5.51 Å². The number of hydrogen-bond acceptors (Lipinski definition) is 3. The highest BCUT2D eigenvalue weighted by atomic mass is 35.5. The first-order valence-electron chi connectivity index (χ1n) is 1.74. The quantitative estimate of drug-likeness (QED) is 0.541. The lowest BCUT2D eigenvalue weighted by atomic mass is 10.9. The minimum absolute atomic E-state index is 0.477. The summed E-state index contributed by atoms with van der Waals surface area (Å²) >= 11 is 6.84. The van der Waals surface area contributed by atoms with Crippen LogP contribution in [0.5, 0.6) is 0 Å². The van der Waals surface area contributed by atoms with E-state index in [0.717, 1.165) is 5.01 Å². The Morgan fingerprint density at radius 2 is 2.71 bits per heavy atom. The second-order valence-electron chi connectivity index (χ2n) is 0.966. The first kappa shape index (κ1) is 5.00. The smallest absolute Gasteiger partial charge is 0.132 e. The van der Waals surface area contributed by atoms with Crippen LogP contribution < -0.4 is 0 Å². The fourth-order valence-electron chi connectivity index (χ4n) is 0.254. The molecule has 1 aromatic heterocycles. The molecule has 1 aromatic rings. The van der Waals surface area contributed by atoms with Gasteiger partial charge in [-0.1, -0.05) is 0 Å². The van der Waals surface area contributed by atoms with Crippen LogP contribution in [-0.2, 0) is 5.88 Å². The number of rotatable bonds is 1. The van der Waals surface area contributed by atoms with Crippen molar-refractivity contribution in [1.82, 2.24) is 10.2 Å². The maximum absolute atomic E-state index is 5.38. The molecule has 2 nitrogen and oxygen atoms in total. The van der Waals surface area contributed by atoms with E-state index in [1.807, 2.05) is 0 Å². The van der Waals surface area contributed by atoms with Crippen molar-refractivity contribution >= 4 is 22.9 Å². The van der Waals surface area contributed by atoms with Crippen molar-refractivity contribution in [2.75, 3.05) is 0 Å². The largest absolute Gasteiger partial charge is 0.147 e. The minimum Gasteiger partial charge on any atom is -0.147 e. The van der Waals surface area contributed by atoms with Gasteiger partial charge < -0.3 is 0 Å². The summed E-state index contributed by atoms with van der Waals surface area (Å²) in [6.45, 7) is 0. The third kappa shape index (κ3) is 1.11. The van der Waals surface area contributed by atoms with E-state index in [4.69, 9.17) is 11.6 Å². The summed E-state index contributed by atoms with van der Waals surface area (Å²) in [6, 6.07) is 0. The molecule has 0 aliphatic heterocycles. The summed E-state index contributed by atoms with van der Waals surface area (Å²) in [7, 11) is 0. The Morgan fingerprint density at radius 1 is 1.86 bits per heavy atom. The molecule has 0 amide bonds. The van der Waals surface area contributed by atoms with Gasteiger partial charge in [-0.25, -0.2) is 0 Å². The van der Waals surface area contributed by atoms with E-state index in [9.17, 15) is 0 Å². The van der Waals surface area contributed by atoms with Crippen LogP contribution in [0, 0.1) is 0 Å². The molecule has 0 aliphatic rings. The maximum Gasteiger partial charge on any atom is 0.132 e. The highest BCUT2D eigenvalue weighted by molar-refractivity contribution is 7.09. The lowest BCUT2D eigenvalue weighted by Gasteiger charge is -1.72. The minimum atomic E-state index is 0.477. The molecule has 0 atom stereocenters. The first-order chi connectivity index (χ1) is 3.43. The SMILES string of the molecule is ClCc1nncs1. The van der Waals surface area contributed by atoms with Gasteiger partial charge in [0.25, 0.3) is 0 Å². The molecule has 0 radical (unpaired) electrons. The number of hydrogen-bond donors (Lipinski definition) is 0. The Balaban J connectivity index is 2.76. The normalized spacial score (nSPS) is 9.29. The number of alkyl halides is 1. The number of aromatic nitrogens is 2. The molecule has 7 heavy (non-hydrogen) atoms. The Hall–Kier alpha value is -0.150. The molecule has 4 heteroatoms. The standard InChI is InChI=1S/C3H3ClN2S/c4-1-3-6-5-2-7-3/h2H,1H2. The lowest BCUT2D eigenvalue weighted by Crippen LogP contribution is -1.71. The molecule has 0 aromatic carbocycles. The summed E-state index contributed by atoms with van der Waals surface area (Å²) in [4.78, 5) is 0. The second-order valence-corrected chi connectivity index (χ2v) is 2.15. The van der Waals surface area contributed by atoms with E-state index >= 15 is 0 Å². The van der Waals surface area contributed by atoms with Gasteiger partial charge in [0.1, 0.15) is 10.5 Å². The summed E-state index contributed by atoms with van der Waals surface area (Å²) in [5.74, 6) is 0.477. The van der Waals surface area contributed by atoms with Crippen molar-refractivity contribution < 1.29 is 0 Å². The van der Waals surface area contributed by atoms with Gasteiger partial charge in [-0.05, 0) is 0 Å². The Labute approximate surface area is 50.1 Å². The second kappa shape index (κ2) is 2.23. The average Bonchev–Trinajstić information content (AvgIpc) is 2.14. The first-order valence-corrected chi connectivity index (χ1v) is 3.16. The summed E-state index contributed by atoms with van der Waals surface area (Å²) in [6.07, 6.45) is 0. The summed E-state index contributed by atoms with van der Waals surface area (Å²) in [5.41, 5.74) is 1.66. The van der Waals surface area contributed by atoms with Crippen LogP contribution in [0.2, 0.25) is 0 Å². The topological polar surface area (TPSA) is 25.8 Å². The summed E-state index contributed by atoms with van der Waals surface area (Å²) < 4.78 is 0. The van der Waals surface area contributed by atoms with Gasteiger partial charge in [0.05, 0.1) is 5.88 Å². The Morgan fingerprint density at radius 3 is 3.00 bits per heavy atom. The molecule has 0 bridgehead atoms. The molecule has 1 rings (SSSR count). The predicted octanol–water partition coefficient (Wildman–Crippen LogP) is 1.28. The van der Waals surface area contributed by atoms with Crippen molar-refractivity contribution in [2.45, 2.75) is 5.88 Å². The Bertz CT molecular complexity index is 127. The highest BCUT2D eigenvalue weighted by Gasteiger charge is 1.88. The van der Waals surface area contributed by atoms with Gasteiger partial charge in [0, 0.05) is 0 Å². The fraction of sp³-hybridized carbons (Fsp3) is 0.333. The van der Waals surface area contributed by atoms with Crippen LogP contribution in [0.1, 0.15) is 5.01 Å². The third-order valence-corrected chi connectivity index (χ3v) is 1.63. The van der Waals surface area contributed by atoms with E-state index in [0.29, 0.717) is 5.88 Å². The number of nitrogens with zero attached hydrogens (tertiary/aromatic N) is 2. The zero-order valence-electron chi connectivity index (χ0n) is 3.47. The van der Waals surface area contributed by atoms with E-state index in [-0.39, 0.29) is 0 Å². The van der Waals surface area contributed by atoms with Crippen LogP contribution >= 0.6 is 22.9 Å². The summed E-state index contributed by atoms with van der Waals surface area (Å²) in [5, 5.41) is 8.12. The van der Waals surface area contributed by atoms with Crippen molar-refractivity contribution in [1.29, 1.82) is 0 Å². The molecule has 38 valence electrons. The van der Waals surface area contributed by atoms with Gasteiger partial charge in [-0.3, -0.25) is 0 Å². The molecule has 0 unspecified atom stereocenters. The molecule has 1 heterocycles. The molecular formula is C3H3ClN2S. The lowest BCUT2D eigenvalue weighted by molar-refractivity contribution is 1.04. The van der Waals surface area contributed by atoms with Crippen LogP contribution in [0.4, 0.5) is 0 Å². The van der Waals surface area contributed by atoms with E-state index < -0.39 is 0 Å². The van der Waals surface area contributed by atoms with Crippen molar-refractivity contribution in [2.24, 2.45) is 0 Å². The third-order valence-electron chi connectivity index (χ3n) is 0.519. The zero-order chi connectivity index (χ0) is 5.11. The van der Waals surface area contributed by atoms with Gasteiger partial charge in [0.2, 0.25) is 0 Å². The van der Waals surface area contributed by atoms with Gasteiger partial charge in [0.15, 0.2) is 0 Å². The van der Waals surface area contributed by atoms with Gasteiger partial charge in [-0.2, -0.15) is 0 Å². The van der Waals surface area contributed by atoms with Crippen LogP contribution in [-0.4, -0.2) is 10.2 Å². The maximum atomic E-state index is 5.38. The average molecular weight is 135 g/mol. The van der Waals surface area contributed by atoms with E-state index in [2.05, 4.69) is 10.2 Å². The molecular weight excluding hydrogens is 132 g/mol. The van der Waals surface area contributed by atoms with Gasteiger partial charge >= 0.3 is 0 Å². The predicted molar refractivity (Wildman–Crippen MR) is 29.5 cm³/mol. The van der Waals surface area contributed by atoms with Gasteiger partial charge in [-0.15, -0.1) is 33.1 Å².